The fourth-order valence-electron chi connectivity index (χ4n) is 0.235. The Bertz CT molecular complexity index is 66.5. The summed E-state index contributed by atoms with van der Waals surface area (Å²) in [4.78, 5) is 0. The van der Waals surface area contributed by atoms with E-state index in [4.69, 9.17) is 23.2 Å². The molecule has 0 aromatic rings. The van der Waals surface area contributed by atoms with E-state index >= 15 is 0 Å². The predicted molar refractivity (Wildman–Crippen MR) is 34.9 cm³/mol. The average Bonchev–Trinajstić information content (AvgIpc) is 1.68. The second-order valence-corrected chi connectivity index (χ2v) is 2.04. The molecule has 0 radical (unpaired) electrons. The van der Waals surface area contributed by atoms with Gasteiger partial charge in [0.25, 0.3) is 0 Å². The van der Waals surface area contributed by atoms with Crippen LogP contribution in [-0.4, -0.2) is 5.88 Å². The van der Waals surface area contributed by atoms with E-state index in [0.29, 0.717) is 5.88 Å². The van der Waals surface area contributed by atoms with Crippen LogP contribution >= 0.6 is 23.2 Å². The summed E-state index contributed by atoms with van der Waals surface area (Å²) in [6, 6.07) is 0. The molecule has 0 nitrogen and oxygen atoms in total. The minimum atomic E-state index is 0.614. The van der Waals surface area contributed by atoms with E-state index in [-0.39, 0.29) is 0 Å². The molecular formula is C5H8Cl2. The SMILES string of the molecule is CC=C(Cl)CCCl. The lowest BCUT2D eigenvalue weighted by Gasteiger charge is -1.86. The molecule has 0 fully saturated rings. The third-order valence-corrected chi connectivity index (χ3v) is 1.24. The van der Waals surface area contributed by atoms with Crippen molar-refractivity contribution in [3.63, 3.8) is 0 Å². The predicted octanol–water partition coefficient (Wildman–Crippen LogP) is 2.76. The molecule has 0 spiro atoms. The van der Waals surface area contributed by atoms with Crippen LogP contribution in [-0.2, 0) is 0 Å². The van der Waals surface area contributed by atoms with Gasteiger partial charge in [-0.15, -0.1) is 11.6 Å². The quantitative estimate of drug-likeness (QED) is 0.516. The molecule has 0 aromatic heterocycles. The molecule has 0 aromatic carbocycles. The second-order valence-electron chi connectivity index (χ2n) is 1.17. The minimum Gasteiger partial charge on any atom is -0.126 e. The topological polar surface area (TPSA) is 0 Å². The van der Waals surface area contributed by atoms with E-state index in [2.05, 4.69) is 0 Å². The molecule has 0 unspecified atom stereocenters. The molecule has 0 aliphatic carbocycles. The summed E-state index contributed by atoms with van der Waals surface area (Å²) < 4.78 is 0. The first-order chi connectivity index (χ1) is 3.31. The van der Waals surface area contributed by atoms with Crippen LogP contribution in [0.4, 0.5) is 0 Å². The molecular weight excluding hydrogens is 131 g/mol. The van der Waals surface area contributed by atoms with Crippen molar-refractivity contribution in [3.8, 4) is 0 Å². The Labute approximate surface area is 54.1 Å². The maximum absolute atomic E-state index is 5.54. The molecule has 0 N–H and O–H groups in total. The van der Waals surface area contributed by atoms with Gasteiger partial charge in [0.05, 0.1) is 0 Å². The van der Waals surface area contributed by atoms with Crippen LogP contribution in [0.15, 0.2) is 11.1 Å². The second kappa shape index (κ2) is 4.48. The Morgan fingerprint density at radius 1 is 1.71 bits per heavy atom. The standard InChI is InChI=1S/C5H8Cl2/c1-2-5(7)3-4-6/h2H,3-4H2,1H3. The van der Waals surface area contributed by atoms with Crippen LogP contribution in [0.1, 0.15) is 13.3 Å². The van der Waals surface area contributed by atoms with Gasteiger partial charge in [-0.25, -0.2) is 0 Å². The van der Waals surface area contributed by atoms with E-state index < -0.39 is 0 Å². The van der Waals surface area contributed by atoms with E-state index in [1.807, 2.05) is 13.0 Å². The van der Waals surface area contributed by atoms with E-state index in [9.17, 15) is 0 Å². The van der Waals surface area contributed by atoms with Gasteiger partial charge in [0.2, 0.25) is 0 Å². The van der Waals surface area contributed by atoms with Crippen LogP contribution in [0.5, 0.6) is 0 Å². The van der Waals surface area contributed by atoms with Crippen molar-refractivity contribution >= 4 is 23.2 Å². The first kappa shape index (κ1) is 7.32. The van der Waals surface area contributed by atoms with Crippen LogP contribution < -0.4 is 0 Å². The van der Waals surface area contributed by atoms with Gasteiger partial charge in [-0.2, -0.15) is 0 Å². The molecule has 0 saturated carbocycles. The van der Waals surface area contributed by atoms with Crippen molar-refractivity contribution in [1.29, 1.82) is 0 Å². The molecule has 0 aliphatic heterocycles. The fourth-order valence-corrected chi connectivity index (χ4v) is 0.629. The lowest BCUT2D eigenvalue weighted by Crippen LogP contribution is -1.71. The number of rotatable bonds is 2. The number of halogens is 2. The molecule has 0 atom stereocenters. The van der Waals surface area contributed by atoms with Gasteiger partial charge in [0, 0.05) is 10.9 Å². The Hall–Kier alpha value is 0.320. The summed E-state index contributed by atoms with van der Waals surface area (Å²) in [5.74, 6) is 0.614. The summed E-state index contributed by atoms with van der Waals surface area (Å²) in [6.45, 7) is 1.90. The van der Waals surface area contributed by atoms with Gasteiger partial charge in [0.15, 0.2) is 0 Å². The van der Waals surface area contributed by atoms with E-state index in [1.165, 1.54) is 0 Å². The van der Waals surface area contributed by atoms with E-state index in [1.54, 1.807) is 0 Å². The summed E-state index contributed by atoms with van der Waals surface area (Å²) >= 11 is 10.9. The first-order valence-corrected chi connectivity index (χ1v) is 3.09. The van der Waals surface area contributed by atoms with Gasteiger partial charge < -0.3 is 0 Å². The summed E-state index contributed by atoms with van der Waals surface area (Å²) in [5, 5.41) is 0.843. The summed E-state index contributed by atoms with van der Waals surface area (Å²) in [7, 11) is 0. The largest absolute Gasteiger partial charge is 0.126 e. The Morgan fingerprint density at radius 3 is 2.43 bits per heavy atom. The van der Waals surface area contributed by atoms with Crippen molar-refractivity contribution in [1.82, 2.24) is 0 Å². The van der Waals surface area contributed by atoms with Crippen LogP contribution in [0.25, 0.3) is 0 Å². The van der Waals surface area contributed by atoms with Crippen molar-refractivity contribution in [3.05, 3.63) is 11.1 Å². The highest BCUT2D eigenvalue weighted by Gasteiger charge is 1.84. The van der Waals surface area contributed by atoms with Crippen molar-refractivity contribution < 1.29 is 0 Å². The molecule has 0 heterocycles. The summed E-state index contributed by atoms with van der Waals surface area (Å²) in [6.07, 6.45) is 2.64. The Kier molecular flexibility index (Phi) is 4.68. The minimum absolute atomic E-state index is 0.614. The lowest BCUT2D eigenvalue weighted by molar-refractivity contribution is 1.20. The van der Waals surface area contributed by atoms with E-state index in [0.717, 1.165) is 11.5 Å². The van der Waals surface area contributed by atoms with Crippen LogP contribution in [0.2, 0.25) is 0 Å². The van der Waals surface area contributed by atoms with Gasteiger partial charge >= 0.3 is 0 Å². The van der Waals surface area contributed by atoms with Crippen LogP contribution in [0, 0.1) is 0 Å². The molecule has 0 bridgehead atoms. The maximum atomic E-state index is 5.54. The normalized spacial score (nSPS) is 12.1. The van der Waals surface area contributed by atoms with Crippen LogP contribution in [0.3, 0.4) is 0 Å². The molecule has 0 amide bonds. The number of alkyl halides is 1. The average molecular weight is 139 g/mol. The van der Waals surface area contributed by atoms with Gasteiger partial charge in [-0.3, -0.25) is 0 Å². The number of allylic oxidation sites excluding steroid dienone is 2. The zero-order chi connectivity index (χ0) is 5.70. The van der Waals surface area contributed by atoms with Crippen molar-refractivity contribution in [2.45, 2.75) is 13.3 Å². The highest BCUT2D eigenvalue weighted by Crippen LogP contribution is 2.06. The maximum Gasteiger partial charge on any atom is 0.0272 e. The Morgan fingerprint density at radius 2 is 2.29 bits per heavy atom. The van der Waals surface area contributed by atoms with Gasteiger partial charge in [-0.05, 0) is 13.3 Å². The highest BCUT2D eigenvalue weighted by molar-refractivity contribution is 6.30. The van der Waals surface area contributed by atoms with Gasteiger partial charge in [-0.1, -0.05) is 17.7 Å². The lowest BCUT2D eigenvalue weighted by atomic mass is 10.4. The molecule has 2 heteroatoms. The zero-order valence-corrected chi connectivity index (χ0v) is 5.76. The Balaban J connectivity index is 3.17. The van der Waals surface area contributed by atoms with Crippen molar-refractivity contribution in [2.24, 2.45) is 0 Å². The first-order valence-electron chi connectivity index (χ1n) is 2.18. The molecule has 0 saturated heterocycles. The third kappa shape index (κ3) is 4.17. The number of hydrogen-bond acceptors (Lipinski definition) is 0. The molecule has 7 heavy (non-hydrogen) atoms. The monoisotopic (exact) mass is 138 g/mol. The fraction of sp³-hybridized carbons (Fsp3) is 0.600. The summed E-state index contributed by atoms with van der Waals surface area (Å²) in [5.41, 5.74) is 0. The number of hydrogen-bond donors (Lipinski definition) is 0. The molecule has 42 valence electrons. The highest BCUT2D eigenvalue weighted by atomic mass is 35.5. The van der Waals surface area contributed by atoms with Gasteiger partial charge in [0.1, 0.15) is 0 Å². The molecule has 0 rings (SSSR count). The zero-order valence-electron chi connectivity index (χ0n) is 4.25. The van der Waals surface area contributed by atoms with Crippen molar-refractivity contribution in [2.75, 3.05) is 5.88 Å². The molecule has 0 aliphatic rings. The third-order valence-electron chi connectivity index (χ3n) is 0.647. The smallest absolute Gasteiger partial charge is 0.0272 e.